The van der Waals surface area contributed by atoms with Crippen LogP contribution in [0.15, 0.2) is 85.2 Å². The minimum absolute atomic E-state index is 0.0133. The van der Waals surface area contributed by atoms with E-state index < -0.39 is 235 Å². The summed E-state index contributed by atoms with van der Waals surface area (Å²) in [7, 11) is 2.71. The normalized spacial score (nSPS) is 26.1. The second-order valence-electron chi connectivity index (χ2n) is 33.1. The van der Waals surface area contributed by atoms with Gasteiger partial charge in [-0.1, -0.05) is 102 Å². The van der Waals surface area contributed by atoms with E-state index in [1.807, 2.05) is 13.8 Å². The number of aromatic hydroxyl groups is 1. The number of benzene rings is 3. The van der Waals surface area contributed by atoms with Crippen molar-refractivity contribution < 1.29 is 102 Å². The Morgan fingerprint density at radius 1 is 0.551 bits per heavy atom. The lowest BCUT2D eigenvalue weighted by Crippen LogP contribution is -2.62. The quantitative estimate of drug-likeness (QED) is 0.0363. The fourth-order valence-corrected chi connectivity index (χ4v) is 17.2. The van der Waals surface area contributed by atoms with Gasteiger partial charge in [-0.15, -0.1) is 11.8 Å². The number of phenolic OH excluding ortho intramolecular Hbond substituents is 1. The molecule has 16 amide bonds. The molecular weight excluding hydrogens is 1670 g/mol. The van der Waals surface area contributed by atoms with Crippen molar-refractivity contribution in [2.75, 3.05) is 64.9 Å². The molecule has 0 spiro atoms. The second-order valence-corrected chi connectivity index (χ2v) is 34.1. The largest absolute Gasteiger partial charge is 0.508 e. The predicted molar refractivity (Wildman–Crippen MR) is 464 cm³/mol. The minimum atomic E-state index is -1.87. The molecule has 5 aromatic rings. The number of nitrogens with one attached hydrogen (secondary N) is 12. The molecule has 127 heavy (non-hydrogen) atoms. The number of carboxylic acid groups (broad SMARTS) is 1. The molecule has 6 heterocycles. The fourth-order valence-electron chi connectivity index (χ4n) is 16.4. The highest BCUT2D eigenvalue weighted by Crippen LogP contribution is 2.29. The van der Waals surface area contributed by atoms with Gasteiger partial charge in [0.25, 0.3) is 0 Å². The van der Waals surface area contributed by atoms with Crippen LogP contribution in [0.4, 0.5) is 0 Å². The lowest BCUT2D eigenvalue weighted by molar-refractivity contribution is -0.149. The first-order valence-corrected chi connectivity index (χ1v) is 44.1. The number of nitrogens with zero attached hydrogens (tertiary/aromatic N) is 5. The van der Waals surface area contributed by atoms with Gasteiger partial charge in [-0.05, 0) is 98.7 Å². The Morgan fingerprint density at radius 3 is 1.61 bits per heavy atom. The van der Waals surface area contributed by atoms with Gasteiger partial charge >= 0.3 is 5.97 Å². The Morgan fingerprint density at radius 2 is 1.05 bits per heavy atom. The number of thioether (sulfide) groups is 1. The molecule has 690 valence electrons. The molecule has 9 rings (SSSR count). The number of amides is 16. The average molecular weight is 1790 g/mol. The van der Waals surface area contributed by atoms with Crippen LogP contribution in [0.5, 0.6) is 5.75 Å². The predicted octanol–water partition coefficient (Wildman–Crippen LogP) is -2.44. The van der Waals surface area contributed by atoms with Gasteiger partial charge in [0.1, 0.15) is 90.3 Å². The Balaban J connectivity index is 1.06. The number of aromatic nitrogens is 2. The van der Waals surface area contributed by atoms with E-state index >= 15 is 28.8 Å². The number of carbonyl (C=O) groups is 17. The summed E-state index contributed by atoms with van der Waals surface area (Å²) < 4.78 is 0. The number of aromatic amines is 2. The number of hydrogen-bond donors (Lipinski definition) is 18. The fraction of sp³-hybridized carbons (Fsp3) is 0.547. The zero-order valence-corrected chi connectivity index (χ0v) is 73.1. The second kappa shape index (κ2) is 46.3. The number of para-hydroxylation sites is 2. The maximum atomic E-state index is 15.6. The van der Waals surface area contributed by atoms with Crippen molar-refractivity contribution in [3.63, 3.8) is 0 Å². The third-order valence-electron chi connectivity index (χ3n) is 23.2. The number of hydrogen-bond acceptors (Lipinski definition) is 22. The van der Waals surface area contributed by atoms with E-state index in [4.69, 9.17) is 11.5 Å². The minimum Gasteiger partial charge on any atom is -0.508 e. The highest BCUT2D eigenvalue weighted by molar-refractivity contribution is 8.00. The first-order chi connectivity index (χ1) is 60.5. The van der Waals surface area contributed by atoms with Crippen molar-refractivity contribution in [2.45, 2.75) is 228 Å². The number of carboxylic acids is 1. The molecular formula is C86H119N19O21S. The number of H-pyrrole nitrogens is 2. The summed E-state index contributed by atoms with van der Waals surface area (Å²) in [6, 6.07) is -1.74. The van der Waals surface area contributed by atoms with Gasteiger partial charge in [-0.3, -0.25) is 81.5 Å². The van der Waals surface area contributed by atoms with E-state index in [0.717, 1.165) is 36.3 Å². The van der Waals surface area contributed by atoms with Crippen molar-refractivity contribution in [3.05, 3.63) is 102 Å². The van der Waals surface area contributed by atoms with Gasteiger partial charge < -0.3 is 120 Å². The first kappa shape index (κ1) is 98.5. The SMILES string of the molecule is CCCC[C@H]1C(=O)N(C)[C@@H](CCCC)C(=O)N[C@@H](C)C(=O)N[C@H](C(=O)NCC(N)=O)CSCC(=O)N[C@@H](Cc2ccc(O)cc2)C(=O)N2CCC[C@H]2C(=O)N[C@@H](CC(=O)O)C(=O)N2CCC[C@H]2C(=O)N[C@@H](CN)C(=O)N[C@@H](CC(C)C)C(=O)N2C[C@H](O)C[C@H]2C(=O)N[C@@H](Cc2c[nH]c3ccccc23)C(=O)N[C@@H](CO)C(=O)N[C@@H](Cc2c[nH]c3ccccc23)C(=O)N1C. The molecule has 4 saturated heterocycles. The van der Waals surface area contributed by atoms with Gasteiger partial charge in [0.05, 0.1) is 31.4 Å². The maximum Gasteiger partial charge on any atom is 0.305 e. The van der Waals surface area contributed by atoms with Crippen LogP contribution >= 0.6 is 11.8 Å². The van der Waals surface area contributed by atoms with Crippen molar-refractivity contribution in [3.8, 4) is 5.75 Å². The standard InChI is InChI=1S/C86H119N19O21S/c1-8-10-22-65-78(118)92-47(5)73(113)100-64(74(114)91-41-70(88)109)44-127-45-71(110)93-59(33-48-26-28-51(107)29-27-48)83(123)103-30-16-24-66(103)79(119)97-61(37-72(111)112)84(124)104-31-17-25-67(104)80(120)98-62(38-87)76(116)95-58(32-46(3)4)85(125)105-42-52(108)36-69(105)81(121)94-57(34-49-39-89-55-20-14-12-18-53(49)55)75(115)99-63(43-106)77(117)96-60(35-50-40-90-56-21-15-13-19-54(50)56)82(122)102(7)68(23-11-9-2)86(126)101(65)6/h12-15,18-21,26-29,39-40,46-47,52,57-69,89-90,106-108H,8-11,16-17,22-25,30-38,41-45,87H2,1-7H3,(H2,88,109)(H,91,114)(H,92,118)(H,93,110)(H,94,121)(H,95,116)(H,96,117)(H,97,119)(H,98,120)(H,99,115)(H,100,113)(H,111,112)/t47-,52+,57-,58-,59-,60-,61-,62-,63-,64-,65-,66-,67-,68-,69-/m0/s1. The number of aliphatic carboxylic acids is 1. The number of likely N-dealkylation sites (N-methyl/N-ethyl adjacent to an activating group) is 2. The lowest BCUT2D eigenvalue weighted by atomic mass is 10.00. The molecule has 41 heteroatoms. The summed E-state index contributed by atoms with van der Waals surface area (Å²) >= 11 is 0.789. The van der Waals surface area contributed by atoms with Crippen molar-refractivity contribution >= 4 is 134 Å². The Hall–Kier alpha value is -12.2. The van der Waals surface area contributed by atoms with Gasteiger partial charge in [-0.2, -0.15) is 0 Å². The molecule has 15 atom stereocenters. The number of aliphatic hydroxyl groups excluding tert-OH is 2. The van der Waals surface area contributed by atoms with Crippen LogP contribution in [0, 0.1) is 5.92 Å². The lowest BCUT2D eigenvalue weighted by Gasteiger charge is -2.36. The van der Waals surface area contributed by atoms with Gasteiger partial charge in [-0.25, -0.2) is 0 Å². The monoisotopic (exact) mass is 1790 g/mol. The highest BCUT2D eigenvalue weighted by Gasteiger charge is 2.47. The number of rotatable bonds is 21. The van der Waals surface area contributed by atoms with E-state index in [9.17, 15) is 73.2 Å². The third kappa shape index (κ3) is 26.2. The number of phenols is 1. The van der Waals surface area contributed by atoms with E-state index in [1.165, 1.54) is 45.3 Å². The van der Waals surface area contributed by atoms with Crippen LogP contribution in [0.1, 0.15) is 135 Å². The molecule has 40 nitrogen and oxygen atoms in total. The van der Waals surface area contributed by atoms with Crippen LogP contribution in [-0.2, 0) is 101 Å². The summed E-state index contributed by atoms with van der Waals surface area (Å²) in [5, 5.41) is 70.1. The first-order valence-electron chi connectivity index (χ1n) is 42.9. The summed E-state index contributed by atoms with van der Waals surface area (Å²) in [5.74, 6) is -17.7. The highest BCUT2D eigenvalue weighted by atomic mass is 32.2. The van der Waals surface area contributed by atoms with Crippen LogP contribution in [0.2, 0.25) is 0 Å². The Bertz CT molecular complexity index is 4810. The van der Waals surface area contributed by atoms with Gasteiger partial charge in [0.2, 0.25) is 94.5 Å². The van der Waals surface area contributed by atoms with E-state index in [2.05, 4.69) is 63.1 Å². The van der Waals surface area contributed by atoms with E-state index in [-0.39, 0.29) is 95.4 Å². The third-order valence-corrected chi connectivity index (χ3v) is 24.3. The number of aliphatic hydroxyl groups is 2. The molecule has 0 bridgehead atoms. The molecule has 4 fully saturated rings. The van der Waals surface area contributed by atoms with Crippen LogP contribution in [-0.4, -0.2) is 311 Å². The van der Waals surface area contributed by atoms with Crippen molar-refractivity contribution in [1.29, 1.82) is 0 Å². The molecule has 0 aliphatic carbocycles. The molecule has 20 N–H and O–H groups in total. The molecule has 0 unspecified atom stereocenters. The van der Waals surface area contributed by atoms with Gasteiger partial charge in [0, 0.05) is 106 Å². The van der Waals surface area contributed by atoms with Crippen LogP contribution < -0.4 is 64.6 Å². The Kier molecular flexibility index (Phi) is 35.9. The van der Waals surface area contributed by atoms with Crippen LogP contribution in [0.25, 0.3) is 21.8 Å². The van der Waals surface area contributed by atoms with Gasteiger partial charge in [0.15, 0.2) is 0 Å². The van der Waals surface area contributed by atoms with Crippen LogP contribution in [0.3, 0.4) is 0 Å². The number of nitrogens with two attached hydrogens (primary N) is 2. The molecule has 0 radical (unpaired) electrons. The van der Waals surface area contributed by atoms with E-state index in [0.29, 0.717) is 64.2 Å². The summed E-state index contributed by atoms with van der Waals surface area (Å²) in [4.78, 5) is 258. The Labute approximate surface area is 738 Å². The summed E-state index contributed by atoms with van der Waals surface area (Å²) in [6.45, 7) is 5.41. The molecule has 4 aliphatic rings. The summed E-state index contributed by atoms with van der Waals surface area (Å²) in [6.07, 6.45) is 1.74. The maximum absolute atomic E-state index is 15.6. The van der Waals surface area contributed by atoms with Crippen molar-refractivity contribution in [1.82, 2.24) is 87.6 Å². The number of unbranched alkanes of at least 4 members (excludes halogenated alkanes) is 2. The average Bonchev–Trinajstić information content (AvgIpc) is 1.72. The van der Waals surface area contributed by atoms with E-state index in [1.54, 1.807) is 74.8 Å². The smallest absolute Gasteiger partial charge is 0.305 e. The summed E-state index contributed by atoms with van der Waals surface area (Å²) in [5.41, 5.74) is 14.3. The van der Waals surface area contributed by atoms with Crippen molar-refractivity contribution in [2.24, 2.45) is 17.4 Å². The zero-order valence-electron chi connectivity index (χ0n) is 72.3. The molecule has 3 aromatic carbocycles. The molecule has 0 saturated carbocycles. The number of primary amides is 1. The molecule has 4 aliphatic heterocycles. The number of fused-ring (bicyclic) bond motifs is 5. The topological polar surface area (TPSA) is 591 Å². The molecule has 2 aromatic heterocycles. The number of carbonyl (C=O) groups excluding carboxylic acids is 16. The zero-order chi connectivity index (χ0) is 92.6.